The summed E-state index contributed by atoms with van der Waals surface area (Å²) in [7, 11) is 0. The molecule has 0 aromatic carbocycles. The molecule has 1 fully saturated rings. The van der Waals surface area contributed by atoms with E-state index in [1.54, 1.807) is 6.33 Å². The zero-order valence-electron chi connectivity index (χ0n) is 10.8. The standard InChI is InChI=1S/C13H20N4/c1-10(2)17-12(15-9-16-17)7-13(8-14)5-4-11(3)6-13/h9-11H,4-7H2,1-3H3. The maximum absolute atomic E-state index is 9.46. The average molecular weight is 232 g/mol. The van der Waals surface area contributed by atoms with Crippen molar-refractivity contribution in [3.63, 3.8) is 0 Å². The van der Waals surface area contributed by atoms with Crippen LogP contribution in [-0.2, 0) is 6.42 Å². The lowest BCUT2D eigenvalue weighted by Crippen LogP contribution is -2.21. The predicted octanol–water partition coefficient (Wildman–Crippen LogP) is 2.73. The quantitative estimate of drug-likeness (QED) is 0.805. The van der Waals surface area contributed by atoms with Crippen LogP contribution in [0.25, 0.3) is 0 Å². The summed E-state index contributed by atoms with van der Waals surface area (Å²) in [5.41, 5.74) is -0.209. The Morgan fingerprint density at radius 2 is 2.41 bits per heavy atom. The third-order valence-corrected chi connectivity index (χ3v) is 3.72. The van der Waals surface area contributed by atoms with E-state index in [1.165, 1.54) is 0 Å². The second-order valence-corrected chi connectivity index (χ2v) is 5.63. The number of hydrogen-bond donors (Lipinski definition) is 0. The van der Waals surface area contributed by atoms with Gasteiger partial charge in [0.15, 0.2) is 0 Å². The summed E-state index contributed by atoms with van der Waals surface area (Å²) >= 11 is 0. The van der Waals surface area contributed by atoms with Crippen LogP contribution in [-0.4, -0.2) is 14.8 Å². The van der Waals surface area contributed by atoms with E-state index >= 15 is 0 Å². The molecule has 0 saturated heterocycles. The van der Waals surface area contributed by atoms with Gasteiger partial charge in [-0.3, -0.25) is 0 Å². The molecule has 0 radical (unpaired) electrons. The monoisotopic (exact) mass is 232 g/mol. The highest BCUT2D eigenvalue weighted by Crippen LogP contribution is 2.43. The van der Waals surface area contributed by atoms with Crippen molar-refractivity contribution in [2.24, 2.45) is 11.3 Å². The highest BCUT2D eigenvalue weighted by Gasteiger charge is 2.39. The van der Waals surface area contributed by atoms with Gasteiger partial charge in [-0.05, 0) is 39.0 Å². The molecule has 1 aliphatic rings. The molecule has 2 rings (SSSR count). The van der Waals surface area contributed by atoms with Crippen molar-refractivity contribution in [3.8, 4) is 6.07 Å². The Bertz CT molecular complexity index is 429. The number of hydrogen-bond acceptors (Lipinski definition) is 3. The van der Waals surface area contributed by atoms with Crippen LogP contribution < -0.4 is 0 Å². The van der Waals surface area contributed by atoms with E-state index < -0.39 is 0 Å². The van der Waals surface area contributed by atoms with Gasteiger partial charge in [0.05, 0.1) is 11.5 Å². The van der Waals surface area contributed by atoms with Crippen LogP contribution in [0.2, 0.25) is 0 Å². The summed E-state index contributed by atoms with van der Waals surface area (Å²) in [6.07, 6.45) is 5.48. The van der Waals surface area contributed by atoms with Crippen molar-refractivity contribution < 1.29 is 0 Å². The summed E-state index contributed by atoms with van der Waals surface area (Å²) < 4.78 is 1.93. The molecule has 1 aromatic heterocycles. The molecule has 2 atom stereocenters. The largest absolute Gasteiger partial charge is 0.248 e. The molecule has 0 N–H and O–H groups in total. The number of rotatable bonds is 3. The zero-order chi connectivity index (χ0) is 12.5. The molecule has 0 bridgehead atoms. The molecule has 1 aromatic rings. The van der Waals surface area contributed by atoms with Gasteiger partial charge in [-0.1, -0.05) is 6.92 Å². The van der Waals surface area contributed by atoms with Crippen molar-refractivity contribution in [1.82, 2.24) is 14.8 Å². The van der Waals surface area contributed by atoms with Crippen LogP contribution in [0.1, 0.15) is 51.9 Å². The van der Waals surface area contributed by atoms with E-state index in [1.807, 2.05) is 4.68 Å². The van der Waals surface area contributed by atoms with Gasteiger partial charge < -0.3 is 0 Å². The molecule has 2 unspecified atom stereocenters. The summed E-state index contributed by atoms with van der Waals surface area (Å²) in [5.74, 6) is 1.61. The second kappa shape index (κ2) is 4.48. The van der Waals surface area contributed by atoms with Crippen LogP contribution in [0.3, 0.4) is 0 Å². The molecule has 0 aliphatic heterocycles. The Balaban J connectivity index is 2.20. The van der Waals surface area contributed by atoms with Gasteiger partial charge in [-0.2, -0.15) is 10.4 Å². The maximum Gasteiger partial charge on any atom is 0.138 e. The molecule has 0 amide bonds. The third-order valence-electron chi connectivity index (χ3n) is 3.72. The number of nitrogens with zero attached hydrogens (tertiary/aromatic N) is 4. The smallest absolute Gasteiger partial charge is 0.138 e. The Labute approximate surface area is 103 Å². The molecule has 4 nitrogen and oxygen atoms in total. The summed E-state index contributed by atoms with van der Waals surface area (Å²) in [6, 6.07) is 2.84. The van der Waals surface area contributed by atoms with E-state index in [4.69, 9.17) is 0 Å². The first-order chi connectivity index (χ1) is 8.06. The first-order valence-electron chi connectivity index (χ1n) is 6.36. The summed E-state index contributed by atoms with van der Waals surface area (Å²) in [5, 5.41) is 13.7. The highest BCUT2D eigenvalue weighted by molar-refractivity contribution is 5.09. The highest BCUT2D eigenvalue weighted by atomic mass is 15.3. The van der Waals surface area contributed by atoms with Crippen LogP contribution in [0.5, 0.6) is 0 Å². The lowest BCUT2D eigenvalue weighted by atomic mass is 9.83. The lowest BCUT2D eigenvalue weighted by Gasteiger charge is -2.21. The first-order valence-corrected chi connectivity index (χ1v) is 6.36. The average Bonchev–Trinajstić information content (AvgIpc) is 2.87. The van der Waals surface area contributed by atoms with Crippen LogP contribution in [0.4, 0.5) is 0 Å². The van der Waals surface area contributed by atoms with Gasteiger partial charge in [0.1, 0.15) is 12.2 Å². The topological polar surface area (TPSA) is 54.5 Å². The minimum Gasteiger partial charge on any atom is -0.248 e. The Morgan fingerprint density at radius 3 is 2.94 bits per heavy atom. The molecule has 92 valence electrons. The van der Waals surface area contributed by atoms with Gasteiger partial charge in [0, 0.05) is 12.5 Å². The third kappa shape index (κ3) is 2.33. The molecule has 1 heterocycles. The Morgan fingerprint density at radius 1 is 1.65 bits per heavy atom. The van der Waals surface area contributed by atoms with E-state index in [0.717, 1.165) is 31.5 Å². The van der Waals surface area contributed by atoms with Crippen molar-refractivity contribution >= 4 is 0 Å². The van der Waals surface area contributed by atoms with Crippen LogP contribution >= 0.6 is 0 Å². The van der Waals surface area contributed by atoms with Crippen molar-refractivity contribution in [2.75, 3.05) is 0 Å². The molecular formula is C13H20N4. The van der Waals surface area contributed by atoms with E-state index in [2.05, 4.69) is 36.9 Å². The fourth-order valence-electron chi connectivity index (χ4n) is 2.83. The summed E-state index contributed by atoms with van der Waals surface area (Å²) in [4.78, 5) is 4.32. The van der Waals surface area contributed by atoms with Crippen molar-refractivity contribution in [2.45, 2.75) is 52.5 Å². The summed E-state index contributed by atoms with van der Waals surface area (Å²) in [6.45, 7) is 6.41. The molecule has 1 aliphatic carbocycles. The molecule has 4 heteroatoms. The minimum atomic E-state index is -0.209. The number of aromatic nitrogens is 3. The second-order valence-electron chi connectivity index (χ2n) is 5.63. The van der Waals surface area contributed by atoms with Gasteiger partial charge in [-0.15, -0.1) is 0 Å². The molecule has 1 saturated carbocycles. The minimum absolute atomic E-state index is 0.209. The predicted molar refractivity (Wildman–Crippen MR) is 65.2 cm³/mol. The maximum atomic E-state index is 9.46. The normalized spacial score (nSPS) is 28.5. The first kappa shape index (κ1) is 12.1. The van der Waals surface area contributed by atoms with Crippen LogP contribution in [0, 0.1) is 22.7 Å². The zero-order valence-corrected chi connectivity index (χ0v) is 10.8. The van der Waals surface area contributed by atoms with Gasteiger partial charge >= 0.3 is 0 Å². The fraction of sp³-hybridized carbons (Fsp3) is 0.769. The number of nitriles is 1. The Kier molecular flexibility index (Phi) is 3.19. The van der Waals surface area contributed by atoms with E-state index in [9.17, 15) is 5.26 Å². The SMILES string of the molecule is CC1CCC(C#N)(Cc2ncnn2C(C)C)C1. The van der Waals surface area contributed by atoms with Crippen molar-refractivity contribution in [3.05, 3.63) is 12.2 Å². The van der Waals surface area contributed by atoms with Gasteiger partial charge in [0.2, 0.25) is 0 Å². The van der Waals surface area contributed by atoms with E-state index in [-0.39, 0.29) is 5.41 Å². The Hall–Kier alpha value is -1.37. The van der Waals surface area contributed by atoms with Crippen molar-refractivity contribution in [1.29, 1.82) is 5.26 Å². The fourth-order valence-corrected chi connectivity index (χ4v) is 2.83. The van der Waals surface area contributed by atoms with E-state index in [0.29, 0.717) is 12.0 Å². The molecule has 0 spiro atoms. The molecular weight excluding hydrogens is 212 g/mol. The van der Waals surface area contributed by atoms with Gasteiger partial charge in [0.25, 0.3) is 0 Å². The lowest BCUT2D eigenvalue weighted by molar-refractivity contribution is 0.365. The van der Waals surface area contributed by atoms with Crippen LogP contribution in [0.15, 0.2) is 6.33 Å². The molecule has 17 heavy (non-hydrogen) atoms. The van der Waals surface area contributed by atoms with Gasteiger partial charge in [-0.25, -0.2) is 9.67 Å².